The molecule has 200 valence electrons. The molecule has 2 heterocycles. The van der Waals surface area contributed by atoms with E-state index in [1.807, 2.05) is 54.6 Å². The topological polar surface area (TPSA) is 79.1 Å². The van der Waals surface area contributed by atoms with Crippen molar-refractivity contribution >= 4 is 23.4 Å². The van der Waals surface area contributed by atoms with Crippen LogP contribution < -0.4 is 24.4 Å². The molecule has 0 saturated heterocycles. The first-order valence-electron chi connectivity index (χ1n) is 12.9. The third kappa shape index (κ3) is 6.07. The van der Waals surface area contributed by atoms with Crippen LogP contribution in [0.1, 0.15) is 64.1 Å². The van der Waals surface area contributed by atoms with Gasteiger partial charge in [-0.1, -0.05) is 55.4 Å². The fraction of sp³-hybridized carbons (Fsp3) is 0.367. The monoisotopic (exact) mass is 534 g/mol. The van der Waals surface area contributed by atoms with Gasteiger partial charge >= 0.3 is 5.97 Å². The van der Waals surface area contributed by atoms with Crippen molar-refractivity contribution in [3.63, 3.8) is 0 Å². The molecule has 7 nitrogen and oxygen atoms in total. The molecular weight excluding hydrogens is 500 g/mol. The summed E-state index contributed by atoms with van der Waals surface area (Å²) < 4.78 is 18.8. The molecule has 0 radical (unpaired) electrons. The predicted molar refractivity (Wildman–Crippen MR) is 149 cm³/mol. The first kappa shape index (κ1) is 27.4. The number of nitrogens with zero attached hydrogens (tertiary/aromatic N) is 2. The molecule has 1 aromatic heterocycles. The lowest BCUT2D eigenvalue weighted by molar-refractivity contribution is -0.143. The van der Waals surface area contributed by atoms with Gasteiger partial charge in [-0.3, -0.25) is 9.36 Å². The molecular formula is C30H34N2O5S. The number of hydrogen-bond donors (Lipinski definition) is 0. The van der Waals surface area contributed by atoms with Crippen LogP contribution in [0.2, 0.25) is 0 Å². The molecule has 0 amide bonds. The summed E-state index contributed by atoms with van der Waals surface area (Å²) in [6.07, 6.45) is 4.87. The Morgan fingerprint density at radius 2 is 1.76 bits per heavy atom. The largest absolute Gasteiger partial charge is 0.497 e. The summed E-state index contributed by atoms with van der Waals surface area (Å²) in [6, 6.07) is 14.4. The quantitative estimate of drug-likeness (QED) is 0.277. The normalized spacial score (nSPS) is 15.3. The number of esters is 1. The molecule has 4 rings (SSSR count). The number of ether oxygens (including phenoxy) is 3. The number of rotatable bonds is 10. The average molecular weight is 535 g/mol. The summed E-state index contributed by atoms with van der Waals surface area (Å²) in [5.74, 6) is 1.01. The second-order valence-corrected chi connectivity index (χ2v) is 10.4. The van der Waals surface area contributed by atoms with Crippen molar-refractivity contribution < 1.29 is 19.0 Å². The lowest BCUT2D eigenvalue weighted by atomic mass is 9.96. The Labute approximate surface area is 226 Å². The number of carbonyl (C=O) groups excluding carboxylic acids is 1. The standard InChI is InChI=1S/C30H34N2O5S/c1-6-7-8-17-36-24-13-9-21(10-14-24)18-25-28(33)32-27(22-11-15-23(35-5)16-12-22)26(29(34)37-19(2)3)20(4)31-30(32)38-25/h9-16,18-19,27H,6-8,17H2,1-5H3/b25-18+. The van der Waals surface area contributed by atoms with E-state index in [2.05, 4.69) is 11.9 Å². The summed E-state index contributed by atoms with van der Waals surface area (Å²) >= 11 is 1.30. The second-order valence-electron chi connectivity index (χ2n) is 9.43. The maximum Gasteiger partial charge on any atom is 0.338 e. The van der Waals surface area contributed by atoms with E-state index in [-0.39, 0.29) is 11.7 Å². The maximum absolute atomic E-state index is 13.7. The lowest BCUT2D eigenvalue weighted by Crippen LogP contribution is -2.40. The number of thiazole rings is 1. The number of methoxy groups -OCH3 is 1. The van der Waals surface area contributed by atoms with Gasteiger partial charge in [0.2, 0.25) is 0 Å². The molecule has 1 aliphatic heterocycles. The summed E-state index contributed by atoms with van der Waals surface area (Å²) in [6.45, 7) is 8.24. The highest BCUT2D eigenvalue weighted by atomic mass is 32.1. The van der Waals surface area contributed by atoms with Crippen LogP contribution in [0.4, 0.5) is 0 Å². The highest BCUT2D eigenvalue weighted by Gasteiger charge is 2.33. The van der Waals surface area contributed by atoms with Gasteiger partial charge < -0.3 is 14.2 Å². The van der Waals surface area contributed by atoms with E-state index in [1.54, 1.807) is 32.4 Å². The Hall–Kier alpha value is -3.65. The van der Waals surface area contributed by atoms with Crippen molar-refractivity contribution in [2.75, 3.05) is 13.7 Å². The zero-order valence-electron chi connectivity index (χ0n) is 22.5. The Morgan fingerprint density at radius 3 is 2.39 bits per heavy atom. The number of aromatic nitrogens is 1. The smallest absolute Gasteiger partial charge is 0.338 e. The van der Waals surface area contributed by atoms with Crippen LogP contribution in [0.25, 0.3) is 6.08 Å². The van der Waals surface area contributed by atoms with Gasteiger partial charge in [-0.05, 0) is 68.7 Å². The molecule has 0 N–H and O–H groups in total. The van der Waals surface area contributed by atoms with Gasteiger partial charge in [-0.25, -0.2) is 9.79 Å². The number of hydrogen-bond acceptors (Lipinski definition) is 7. The first-order valence-corrected chi connectivity index (χ1v) is 13.7. The molecule has 1 unspecified atom stereocenters. The van der Waals surface area contributed by atoms with Crippen LogP contribution in [-0.4, -0.2) is 30.4 Å². The van der Waals surface area contributed by atoms with Crippen molar-refractivity contribution in [1.82, 2.24) is 4.57 Å². The van der Waals surface area contributed by atoms with Crippen molar-refractivity contribution in [3.8, 4) is 11.5 Å². The summed E-state index contributed by atoms with van der Waals surface area (Å²) in [5.41, 5.74) is 2.33. The van der Waals surface area contributed by atoms with Gasteiger partial charge in [0.15, 0.2) is 4.80 Å². The number of allylic oxidation sites excluding steroid dienone is 1. The molecule has 2 aromatic carbocycles. The highest BCUT2D eigenvalue weighted by Crippen LogP contribution is 2.31. The summed E-state index contributed by atoms with van der Waals surface area (Å²) in [4.78, 5) is 32.1. The molecule has 3 aromatic rings. The number of carbonyl (C=O) groups is 1. The molecule has 38 heavy (non-hydrogen) atoms. The van der Waals surface area contributed by atoms with Crippen LogP contribution in [0, 0.1) is 0 Å². The van der Waals surface area contributed by atoms with Crippen LogP contribution in [-0.2, 0) is 9.53 Å². The van der Waals surface area contributed by atoms with E-state index in [0.29, 0.717) is 33.0 Å². The molecule has 0 bridgehead atoms. The summed E-state index contributed by atoms with van der Waals surface area (Å²) in [5, 5.41) is 0. The highest BCUT2D eigenvalue weighted by molar-refractivity contribution is 7.07. The van der Waals surface area contributed by atoms with Crippen molar-refractivity contribution in [2.45, 2.75) is 59.1 Å². The molecule has 1 aliphatic rings. The van der Waals surface area contributed by atoms with Crippen LogP contribution in [0.3, 0.4) is 0 Å². The van der Waals surface area contributed by atoms with Gasteiger partial charge in [0.25, 0.3) is 5.56 Å². The van der Waals surface area contributed by atoms with Crippen molar-refractivity contribution in [2.24, 2.45) is 4.99 Å². The van der Waals surface area contributed by atoms with E-state index in [9.17, 15) is 9.59 Å². The van der Waals surface area contributed by atoms with E-state index in [4.69, 9.17) is 14.2 Å². The molecule has 0 aliphatic carbocycles. The van der Waals surface area contributed by atoms with Gasteiger partial charge in [0, 0.05) is 0 Å². The Morgan fingerprint density at radius 1 is 1.08 bits per heavy atom. The van der Waals surface area contributed by atoms with Gasteiger partial charge in [-0.2, -0.15) is 0 Å². The van der Waals surface area contributed by atoms with E-state index < -0.39 is 12.0 Å². The lowest BCUT2D eigenvalue weighted by Gasteiger charge is -2.25. The van der Waals surface area contributed by atoms with Crippen LogP contribution >= 0.6 is 11.3 Å². The van der Waals surface area contributed by atoms with Gasteiger partial charge in [0.05, 0.1) is 41.7 Å². The van der Waals surface area contributed by atoms with E-state index >= 15 is 0 Å². The Balaban J connectivity index is 1.75. The fourth-order valence-corrected chi connectivity index (χ4v) is 5.36. The van der Waals surface area contributed by atoms with E-state index in [0.717, 1.165) is 36.1 Å². The molecule has 8 heteroatoms. The average Bonchev–Trinajstić information content (AvgIpc) is 3.20. The minimum absolute atomic E-state index is 0.211. The number of fused-ring (bicyclic) bond motifs is 1. The zero-order valence-corrected chi connectivity index (χ0v) is 23.3. The van der Waals surface area contributed by atoms with Crippen molar-refractivity contribution in [1.29, 1.82) is 0 Å². The number of unbranched alkanes of at least 4 members (excludes halogenated alkanes) is 2. The number of benzene rings is 2. The fourth-order valence-electron chi connectivity index (χ4n) is 4.32. The molecule has 0 fully saturated rings. The van der Waals surface area contributed by atoms with E-state index in [1.165, 1.54) is 11.3 Å². The molecule has 0 saturated carbocycles. The first-order chi connectivity index (χ1) is 18.3. The Bertz CT molecular complexity index is 1480. The SMILES string of the molecule is CCCCCOc1ccc(/C=c2/sc3n(c2=O)C(c2ccc(OC)cc2)C(C(=O)OC(C)C)=C(C)N=3)cc1. The molecule has 1 atom stereocenters. The van der Waals surface area contributed by atoms with Crippen LogP contribution in [0.5, 0.6) is 11.5 Å². The minimum atomic E-state index is -0.663. The third-order valence-electron chi connectivity index (χ3n) is 6.21. The zero-order chi connectivity index (χ0) is 27.2. The predicted octanol–water partition coefficient (Wildman–Crippen LogP) is 4.76. The van der Waals surface area contributed by atoms with Gasteiger partial charge in [-0.15, -0.1) is 0 Å². The molecule has 0 spiro atoms. The van der Waals surface area contributed by atoms with Crippen LogP contribution in [0.15, 0.2) is 69.6 Å². The summed E-state index contributed by atoms with van der Waals surface area (Å²) in [7, 11) is 1.60. The second kappa shape index (κ2) is 12.3. The van der Waals surface area contributed by atoms with Gasteiger partial charge in [0.1, 0.15) is 11.5 Å². The maximum atomic E-state index is 13.7. The Kier molecular flexibility index (Phi) is 8.84. The van der Waals surface area contributed by atoms with Crippen molar-refractivity contribution in [3.05, 3.63) is 90.6 Å². The minimum Gasteiger partial charge on any atom is -0.497 e. The third-order valence-corrected chi connectivity index (χ3v) is 7.19.